The Hall–Kier alpha value is -2.49. The molecule has 0 atom stereocenters. The molecule has 1 heterocycles. The maximum atomic E-state index is 12.2. The fraction of sp³-hybridized carbons (Fsp3) is 0.409. The second kappa shape index (κ2) is 8.26. The highest BCUT2D eigenvalue weighted by atomic mass is 16.7. The Bertz CT molecular complexity index is 796. The van der Waals surface area contributed by atoms with E-state index in [0.717, 1.165) is 35.3 Å². The number of ether oxygens (including phenoxy) is 2. The summed E-state index contributed by atoms with van der Waals surface area (Å²) in [6.45, 7) is 7.20. The van der Waals surface area contributed by atoms with Crippen LogP contribution in [0.4, 0.5) is 0 Å². The minimum atomic E-state index is 0.251. The summed E-state index contributed by atoms with van der Waals surface area (Å²) in [7, 11) is 0. The van der Waals surface area contributed by atoms with Gasteiger partial charge in [0.1, 0.15) is 0 Å². The number of nitrogens with zero attached hydrogens (tertiary/aromatic N) is 1. The molecule has 0 radical (unpaired) electrons. The van der Waals surface area contributed by atoms with Crippen LogP contribution in [0.25, 0.3) is 0 Å². The van der Waals surface area contributed by atoms with Crippen molar-refractivity contribution in [1.82, 2.24) is 0 Å². The molecule has 0 spiro atoms. The number of hydroxylamine groups is 1. The number of hydrogen-bond acceptors (Lipinski definition) is 3. The van der Waals surface area contributed by atoms with Gasteiger partial charge in [0, 0.05) is 12.0 Å². The maximum absolute atomic E-state index is 12.2. The Morgan fingerprint density at radius 2 is 1.85 bits per heavy atom. The van der Waals surface area contributed by atoms with Crippen LogP contribution in [-0.4, -0.2) is 17.7 Å². The Labute approximate surface area is 155 Å². The number of fused-ring (bicyclic) bond motifs is 1. The minimum Gasteiger partial charge on any atom is -0.624 e. The van der Waals surface area contributed by atoms with Crippen LogP contribution in [0.3, 0.4) is 0 Å². The third-order valence-corrected chi connectivity index (χ3v) is 4.57. The molecule has 0 N–H and O–H groups in total. The first-order valence-electron chi connectivity index (χ1n) is 9.25. The topological polar surface area (TPSA) is 44.5 Å². The Morgan fingerprint density at radius 1 is 1.08 bits per heavy atom. The van der Waals surface area contributed by atoms with Crippen molar-refractivity contribution >= 4 is 6.21 Å². The molecule has 4 heteroatoms. The number of hydrogen-bond donors (Lipinski definition) is 0. The fourth-order valence-corrected chi connectivity index (χ4v) is 3.28. The first kappa shape index (κ1) is 18.3. The highest BCUT2D eigenvalue weighted by molar-refractivity contribution is 5.52. The van der Waals surface area contributed by atoms with Crippen LogP contribution in [0.1, 0.15) is 42.5 Å². The van der Waals surface area contributed by atoms with E-state index in [1.54, 1.807) is 6.21 Å². The van der Waals surface area contributed by atoms with Crippen LogP contribution in [0.15, 0.2) is 36.4 Å². The molecule has 0 unspecified atom stereocenters. The van der Waals surface area contributed by atoms with Crippen LogP contribution >= 0.6 is 0 Å². The van der Waals surface area contributed by atoms with Crippen LogP contribution < -0.4 is 9.47 Å². The van der Waals surface area contributed by atoms with Crippen LogP contribution in [0, 0.1) is 18.0 Å². The number of benzene rings is 2. The number of rotatable bonds is 7. The summed E-state index contributed by atoms with van der Waals surface area (Å²) in [6.07, 6.45) is 4.45. The molecule has 1 aliphatic rings. The molecule has 3 rings (SSSR count). The van der Waals surface area contributed by atoms with E-state index in [0.29, 0.717) is 18.2 Å². The average molecular weight is 353 g/mol. The third kappa shape index (κ3) is 4.78. The lowest BCUT2D eigenvalue weighted by Gasteiger charge is -2.10. The summed E-state index contributed by atoms with van der Waals surface area (Å²) >= 11 is 0. The van der Waals surface area contributed by atoms with Crippen molar-refractivity contribution in [2.75, 3.05) is 6.79 Å². The maximum Gasteiger partial charge on any atom is 0.231 e. The molecule has 0 saturated carbocycles. The first-order chi connectivity index (χ1) is 12.5. The standard InChI is InChI=1S/C22H27NO3/c1-16(2)11-18-6-8-20(17(3)12-18)5-4-10-23(24)14-19-7-9-21-22(13-19)26-15-25-21/h6-10,12-13,16H,4-5,11,14-15H2,1-3H3/b23-10+. The smallest absolute Gasteiger partial charge is 0.231 e. The van der Waals surface area contributed by atoms with Gasteiger partial charge in [-0.3, -0.25) is 0 Å². The van der Waals surface area contributed by atoms with Crippen molar-refractivity contribution in [3.8, 4) is 11.5 Å². The zero-order chi connectivity index (χ0) is 18.5. The molecular formula is C22H27NO3. The predicted molar refractivity (Wildman–Crippen MR) is 104 cm³/mol. The van der Waals surface area contributed by atoms with Crippen molar-refractivity contribution in [3.63, 3.8) is 0 Å². The quantitative estimate of drug-likeness (QED) is 0.315. The lowest BCUT2D eigenvalue weighted by molar-refractivity contribution is -0.471. The van der Waals surface area contributed by atoms with E-state index in [1.807, 2.05) is 18.2 Å². The lowest BCUT2D eigenvalue weighted by Crippen LogP contribution is -2.06. The molecule has 0 fully saturated rings. The molecule has 0 saturated heterocycles. The second-order valence-electron chi connectivity index (χ2n) is 7.34. The Morgan fingerprint density at radius 3 is 2.62 bits per heavy atom. The van der Waals surface area contributed by atoms with E-state index < -0.39 is 0 Å². The van der Waals surface area contributed by atoms with Gasteiger partial charge < -0.3 is 14.7 Å². The molecule has 2 aromatic carbocycles. The highest BCUT2D eigenvalue weighted by Gasteiger charge is 2.14. The van der Waals surface area contributed by atoms with Gasteiger partial charge in [-0.25, -0.2) is 4.74 Å². The molecule has 2 aromatic rings. The lowest BCUT2D eigenvalue weighted by atomic mass is 9.97. The highest BCUT2D eigenvalue weighted by Crippen LogP contribution is 2.32. The SMILES string of the molecule is Cc1cc(CC(C)C)ccc1CC/C=[N+](/[O-])Cc1ccc2c(c1)OCO2. The van der Waals surface area contributed by atoms with E-state index in [2.05, 4.69) is 39.0 Å². The van der Waals surface area contributed by atoms with Crippen molar-refractivity contribution in [1.29, 1.82) is 0 Å². The van der Waals surface area contributed by atoms with Gasteiger partial charge in [0.05, 0.1) is 0 Å². The summed E-state index contributed by atoms with van der Waals surface area (Å²) in [5.41, 5.74) is 4.93. The average Bonchev–Trinajstić information content (AvgIpc) is 3.04. The van der Waals surface area contributed by atoms with Gasteiger partial charge in [0.15, 0.2) is 24.3 Å². The minimum absolute atomic E-state index is 0.251. The van der Waals surface area contributed by atoms with Crippen molar-refractivity contribution in [2.24, 2.45) is 5.92 Å². The molecular weight excluding hydrogens is 326 g/mol. The molecule has 26 heavy (non-hydrogen) atoms. The molecule has 0 aliphatic carbocycles. The van der Waals surface area contributed by atoms with Crippen molar-refractivity contribution in [3.05, 3.63) is 63.9 Å². The van der Waals surface area contributed by atoms with Gasteiger partial charge >= 0.3 is 0 Å². The normalized spacial score (nSPS) is 13.5. The molecule has 138 valence electrons. The van der Waals surface area contributed by atoms with Gasteiger partial charge in [-0.05, 0) is 60.6 Å². The number of aryl methyl sites for hydroxylation is 2. The summed E-state index contributed by atoms with van der Waals surface area (Å²) in [6, 6.07) is 12.3. The van der Waals surface area contributed by atoms with E-state index >= 15 is 0 Å². The Balaban J connectivity index is 1.54. The van der Waals surface area contributed by atoms with E-state index in [4.69, 9.17) is 9.47 Å². The largest absolute Gasteiger partial charge is 0.624 e. The van der Waals surface area contributed by atoms with Gasteiger partial charge in [-0.2, -0.15) is 0 Å². The Kier molecular flexibility index (Phi) is 5.82. The van der Waals surface area contributed by atoms with Crippen molar-refractivity contribution < 1.29 is 14.2 Å². The molecule has 0 amide bonds. The van der Waals surface area contributed by atoms with Gasteiger partial charge in [-0.1, -0.05) is 32.0 Å². The summed E-state index contributed by atoms with van der Waals surface area (Å²) < 4.78 is 11.6. The van der Waals surface area contributed by atoms with Gasteiger partial charge in [0.25, 0.3) is 0 Å². The molecule has 0 aromatic heterocycles. The summed E-state index contributed by atoms with van der Waals surface area (Å²) in [5, 5.41) is 12.2. The summed E-state index contributed by atoms with van der Waals surface area (Å²) in [4.78, 5) is 0. The molecule has 4 nitrogen and oxygen atoms in total. The van der Waals surface area contributed by atoms with Crippen LogP contribution in [0.2, 0.25) is 0 Å². The third-order valence-electron chi connectivity index (χ3n) is 4.57. The summed E-state index contributed by atoms with van der Waals surface area (Å²) in [5.74, 6) is 2.12. The van der Waals surface area contributed by atoms with E-state index in [1.165, 1.54) is 16.7 Å². The fourth-order valence-electron chi connectivity index (χ4n) is 3.28. The van der Waals surface area contributed by atoms with Gasteiger partial charge in [0.2, 0.25) is 6.79 Å². The van der Waals surface area contributed by atoms with Crippen molar-refractivity contribution in [2.45, 2.75) is 46.6 Å². The van der Waals surface area contributed by atoms with Crippen LogP contribution in [0.5, 0.6) is 11.5 Å². The zero-order valence-electron chi connectivity index (χ0n) is 15.8. The second-order valence-corrected chi connectivity index (χ2v) is 7.34. The van der Waals surface area contributed by atoms with Crippen LogP contribution in [-0.2, 0) is 19.4 Å². The van der Waals surface area contributed by atoms with E-state index in [-0.39, 0.29) is 6.79 Å². The predicted octanol–water partition coefficient (Wildman–Crippen LogP) is 4.64. The molecule has 1 aliphatic heterocycles. The zero-order valence-corrected chi connectivity index (χ0v) is 15.8. The first-order valence-corrected chi connectivity index (χ1v) is 9.25. The van der Waals surface area contributed by atoms with E-state index in [9.17, 15) is 5.21 Å². The molecule has 0 bridgehead atoms. The van der Waals surface area contributed by atoms with Gasteiger partial charge in [-0.15, -0.1) is 0 Å². The monoisotopic (exact) mass is 353 g/mol.